The van der Waals surface area contributed by atoms with E-state index in [9.17, 15) is 0 Å². The Balaban J connectivity index is 2.62. The van der Waals surface area contributed by atoms with E-state index in [-0.39, 0.29) is 5.84 Å². The van der Waals surface area contributed by atoms with Crippen LogP contribution in [0.15, 0.2) is 30.3 Å². The zero-order chi connectivity index (χ0) is 9.68. The van der Waals surface area contributed by atoms with Crippen LogP contribution < -0.4 is 10.5 Å². The van der Waals surface area contributed by atoms with Crippen molar-refractivity contribution in [3.8, 4) is 5.75 Å². The predicted molar refractivity (Wildman–Crippen MR) is 49.8 cm³/mol. The van der Waals surface area contributed by atoms with Gasteiger partial charge in [-0.25, -0.2) is 0 Å². The van der Waals surface area contributed by atoms with E-state index in [1.54, 1.807) is 12.1 Å². The molecule has 4 nitrogen and oxygen atoms in total. The maximum atomic E-state index is 7.13. The van der Waals surface area contributed by atoms with Crippen LogP contribution in [-0.4, -0.2) is 19.2 Å². The summed E-state index contributed by atoms with van der Waals surface area (Å²) in [5.41, 5.74) is 5.23. The Morgan fingerprint density at radius 1 is 1.38 bits per heavy atom. The van der Waals surface area contributed by atoms with Gasteiger partial charge in [0.25, 0.3) is 6.29 Å². The van der Waals surface area contributed by atoms with E-state index in [1.807, 2.05) is 18.2 Å². The van der Waals surface area contributed by atoms with Gasteiger partial charge in [-0.3, -0.25) is 5.41 Å². The second-order valence-electron chi connectivity index (χ2n) is 2.45. The van der Waals surface area contributed by atoms with Gasteiger partial charge < -0.3 is 15.2 Å². The highest BCUT2D eigenvalue weighted by Crippen LogP contribution is 2.10. The van der Waals surface area contributed by atoms with Crippen molar-refractivity contribution in [1.82, 2.24) is 0 Å². The highest BCUT2D eigenvalue weighted by molar-refractivity contribution is 5.80. The van der Waals surface area contributed by atoms with Crippen molar-refractivity contribution in [3.05, 3.63) is 30.3 Å². The summed E-state index contributed by atoms with van der Waals surface area (Å²) >= 11 is 0. The monoisotopic (exact) mass is 180 g/mol. The molecule has 0 bridgehead atoms. The number of ether oxygens (including phenoxy) is 2. The zero-order valence-electron chi connectivity index (χ0n) is 7.36. The van der Waals surface area contributed by atoms with E-state index < -0.39 is 6.29 Å². The fourth-order valence-electron chi connectivity index (χ4n) is 0.861. The van der Waals surface area contributed by atoms with Gasteiger partial charge in [-0.15, -0.1) is 0 Å². The van der Waals surface area contributed by atoms with Gasteiger partial charge in [0.15, 0.2) is 5.84 Å². The summed E-state index contributed by atoms with van der Waals surface area (Å²) in [6.45, 7) is 0. The lowest BCUT2D eigenvalue weighted by Crippen LogP contribution is -2.34. The Hall–Kier alpha value is -1.55. The predicted octanol–water partition coefficient (Wildman–Crippen LogP) is 0.974. The molecule has 1 aromatic carbocycles. The number of hydrogen-bond acceptors (Lipinski definition) is 3. The van der Waals surface area contributed by atoms with E-state index in [0.717, 1.165) is 0 Å². The molecule has 0 aliphatic carbocycles. The van der Waals surface area contributed by atoms with Crippen LogP contribution in [0.4, 0.5) is 0 Å². The second-order valence-corrected chi connectivity index (χ2v) is 2.45. The highest BCUT2D eigenvalue weighted by atomic mass is 16.7. The number of rotatable bonds is 4. The first-order chi connectivity index (χ1) is 6.24. The fraction of sp³-hybridized carbons (Fsp3) is 0.222. The summed E-state index contributed by atoms with van der Waals surface area (Å²) < 4.78 is 10.1. The maximum Gasteiger partial charge on any atom is 0.257 e. The molecule has 3 N–H and O–H groups in total. The molecule has 0 aliphatic rings. The molecular formula is C9H12N2O2. The first-order valence-electron chi connectivity index (χ1n) is 3.82. The van der Waals surface area contributed by atoms with E-state index in [0.29, 0.717) is 5.75 Å². The van der Waals surface area contributed by atoms with Crippen molar-refractivity contribution < 1.29 is 9.47 Å². The van der Waals surface area contributed by atoms with Crippen molar-refractivity contribution in [2.75, 3.05) is 7.11 Å². The summed E-state index contributed by atoms with van der Waals surface area (Å²) in [5.74, 6) is 0.482. The first-order valence-corrected chi connectivity index (χ1v) is 3.82. The molecule has 0 saturated heterocycles. The molecule has 4 heteroatoms. The molecule has 13 heavy (non-hydrogen) atoms. The topological polar surface area (TPSA) is 68.3 Å². The van der Waals surface area contributed by atoms with E-state index >= 15 is 0 Å². The van der Waals surface area contributed by atoms with E-state index in [4.69, 9.17) is 20.6 Å². The fourth-order valence-corrected chi connectivity index (χ4v) is 0.861. The molecule has 1 aromatic rings. The molecule has 0 spiro atoms. The molecular weight excluding hydrogens is 168 g/mol. The average Bonchev–Trinajstić information content (AvgIpc) is 2.15. The van der Waals surface area contributed by atoms with Gasteiger partial charge in [0, 0.05) is 7.11 Å². The lowest BCUT2D eigenvalue weighted by atomic mass is 10.3. The van der Waals surface area contributed by atoms with Gasteiger partial charge >= 0.3 is 0 Å². The number of hydrogen-bond donors (Lipinski definition) is 2. The molecule has 0 saturated carbocycles. The molecule has 70 valence electrons. The first kappa shape index (κ1) is 9.54. The second kappa shape index (κ2) is 4.47. The summed E-state index contributed by atoms with van der Waals surface area (Å²) in [6.07, 6.45) is -0.803. The third-order valence-electron chi connectivity index (χ3n) is 1.45. The third kappa shape index (κ3) is 2.76. The number of benzene rings is 1. The lowest BCUT2D eigenvalue weighted by molar-refractivity contribution is -0.00166. The van der Waals surface area contributed by atoms with Gasteiger partial charge in [-0.1, -0.05) is 18.2 Å². The van der Waals surface area contributed by atoms with Gasteiger partial charge in [-0.05, 0) is 12.1 Å². The number of para-hydroxylation sites is 1. The Bertz CT molecular complexity index is 274. The van der Waals surface area contributed by atoms with Crippen molar-refractivity contribution >= 4 is 5.84 Å². The standard InChI is InChI=1S/C9H12N2O2/c1-12-9(8(10)11)13-7-5-3-2-4-6-7/h2-6,9H,1H3,(H3,10,11). The van der Waals surface area contributed by atoms with Crippen LogP contribution in [0.3, 0.4) is 0 Å². The lowest BCUT2D eigenvalue weighted by Gasteiger charge is -2.15. The minimum absolute atomic E-state index is 0.147. The van der Waals surface area contributed by atoms with Crippen LogP contribution in [0.25, 0.3) is 0 Å². The number of nitrogens with two attached hydrogens (primary N) is 1. The van der Waals surface area contributed by atoms with Crippen molar-refractivity contribution in [2.45, 2.75) is 6.29 Å². The Kier molecular flexibility index (Phi) is 3.28. The molecule has 1 unspecified atom stereocenters. The van der Waals surface area contributed by atoms with Gasteiger partial charge in [-0.2, -0.15) is 0 Å². The normalized spacial score (nSPS) is 12.1. The molecule has 0 amide bonds. The molecule has 1 atom stereocenters. The van der Waals surface area contributed by atoms with Crippen LogP contribution in [0.1, 0.15) is 0 Å². The van der Waals surface area contributed by atoms with E-state index in [1.165, 1.54) is 7.11 Å². The quantitative estimate of drug-likeness (QED) is 0.412. The van der Waals surface area contributed by atoms with Gasteiger partial charge in [0.05, 0.1) is 0 Å². The van der Waals surface area contributed by atoms with Gasteiger partial charge in [0.1, 0.15) is 5.75 Å². The van der Waals surface area contributed by atoms with Crippen LogP contribution in [0.5, 0.6) is 5.75 Å². The van der Waals surface area contributed by atoms with Crippen LogP contribution in [0, 0.1) is 5.41 Å². The highest BCUT2D eigenvalue weighted by Gasteiger charge is 2.11. The van der Waals surface area contributed by atoms with Crippen LogP contribution in [-0.2, 0) is 4.74 Å². The Morgan fingerprint density at radius 3 is 2.46 bits per heavy atom. The number of amidine groups is 1. The smallest absolute Gasteiger partial charge is 0.257 e. The number of nitrogens with one attached hydrogen (secondary N) is 1. The van der Waals surface area contributed by atoms with Gasteiger partial charge in [0.2, 0.25) is 0 Å². The Labute approximate surface area is 76.8 Å². The molecule has 0 aromatic heterocycles. The third-order valence-corrected chi connectivity index (χ3v) is 1.45. The molecule has 0 aliphatic heterocycles. The summed E-state index contributed by atoms with van der Waals surface area (Å²) in [6, 6.07) is 9.09. The molecule has 0 fully saturated rings. The largest absolute Gasteiger partial charge is 0.457 e. The summed E-state index contributed by atoms with van der Waals surface area (Å²) in [7, 11) is 1.44. The molecule has 0 heterocycles. The Morgan fingerprint density at radius 2 is 2.00 bits per heavy atom. The van der Waals surface area contributed by atoms with Crippen LogP contribution >= 0.6 is 0 Å². The minimum Gasteiger partial charge on any atom is -0.457 e. The molecule has 0 radical (unpaired) electrons. The average molecular weight is 180 g/mol. The van der Waals surface area contributed by atoms with E-state index in [2.05, 4.69) is 0 Å². The summed E-state index contributed by atoms with van der Waals surface area (Å²) in [4.78, 5) is 0. The van der Waals surface area contributed by atoms with Crippen molar-refractivity contribution in [2.24, 2.45) is 5.73 Å². The van der Waals surface area contributed by atoms with Crippen LogP contribution in [0.2, 0.25) is 0 Å². The minimum atomic E-state index is -0.803. The SMILES string of the molecule is COC(Oc1ccccc1)C(=N)N. The summed E-state index contributed by atoms with van der Waals surface area (Å²) in [5, 5.41) is 7.13. The zero-order valence-corrected chi connectivity index (χ0v) is 7.36. The maximum absolute atomic E-state index is 7.13. The molecule has 1 rings (SSSR count). The van der Waals surface area contributed by atoms with Crippen molar-refractivity contribution in [1.29, 1.82) is 5.41 Å². The van der Waals surface area contributed by atoms with Crippen molar-refractivity contribution in [3.63, 3.8) is 0 Å². The number of methoxy groups -OCH3 is 1.